The fourth-order valence-corrected chi connectivity index (χ4v) is 5.15. The van der Waals surface area contributed by atoms with E-state index in [1.165, 1.54) is 25.3 Å². The van der Waals surface area contributed by atoms with Crippen molar-refractivity contribution in [2.24, 2.45) is 10.9 Å². The van der Waals surface area contributed by atoms with Crippen LogP contribution in [0.15, 0.2) is 64.8 Å². The Labute approximate surface area is 238 Å². The molecule has 41 heavy (non-hydrogen) atoms. The van der Waals surface area contributed by atoms with Crippen molar-refractivity contribution in [3.05, 3.63) is 81.0 Å². The highest BCUT2D eigenvalue weighted by Gasteiger charge is 2.42. The molecular formula is C30H35N3O8. The maximum atomic E-state index is 13.4. The van der Waals surface area contributed by atoms with Gasteiger partial charge in [-0.1, -0.05) is 24.3 Å². The molecule has 2 aliphatic heterocycles. The third kappa shape index (κ3) is 7.17. The van der Waals surface area contributed by atoms with Crippen molar-refractivity contribution in [2.75, 3.05) is 32.2 Å². The number of methoxy groups -OCH3 is 1. The van der Waals surface area contributed by atoms with E-state index in [2.05, 4.69) is 10.3 Å². The summed E-state index contributed by atoms with van der Waals surface area (Å²) < 4.78 is 22.1. The molecule has 2 aromatic rings. The minimum atomic E-state index is -0.930. The van der Waals surface area contributed by atoms with E-state index in [1.54, 1.807) is 19.9 Å². The number of nitro groups is 1. The number of nitrogens with zero attached hydrogens (tertiary/aromatic N) is 2. The SMILES string of the molecule is COC(=O)C1C(C)=NC(C)=C(C(=O)OCCc2ccc(NCC3COC(C)(C)O3)cc2)C1c1cccc([N+](=O)[O-])c1. The number of rotatable bonds is 10. The molecule has 218 valence electrons. The summed E-state index contributed by atoms with van der Waals surface area (Å²) in [5.74, 6) is -3.57. The number of aliphatic imine (C=N–C) groups is 1. The zero-order valence-electron chi connectivity index (χ0n) is 23.8. The first kappa shape index (κ1) is 29.9. The number of carbonyl (C=O) groups excluding carboxylic acids is 2. The molecule has 0 aromatic heterocycles. The molecule has 0 bridgehead atoms. The summed E-state index contributed by atoms with van der Waals surface area (Å²) in [6.45, 7) is 8.36. The number of non-ortho nitro benzene ring substituents is 1. The first-order valence-corrected chi connectivity index (χ1v) is 13.4. The highest BCUT2D eigenvalue weighted by Crippen LogP contribution is 2.41. The van der Waals surface area contributed by atoms with E-state index in [-0.39, 0.29) is 24.0 Å². The molecule has 1 N–H and O–H groups in total. The lowest BCUT2D eigenvalue weighted by Crippen LogP contribution is -2.36. The van der Waals surface area contributed by atoms with Gasteiger partial charge in [0, 0.05) is 48.1 Å². The van der Waals surface area contributed by atoms with Crippen LogP contribution in [0.2, 0.25) is 0 Å². The maximum absolute atomic E-state index is 13.4. The van der Waals surface area contributed by atoms with Crippen LogP contribution in [0, 0.1) is 16.0 Å². The Balaban J connectivity index is 1.43. The van der Waals surface area contributed by atoms with Crippen LogP contribution in [0.3, 0.4) is 0 Å². The van der Waals surface area contributed by atoms with E-state index < -0.39 is 34.5 Å². The molecule has 2 aromatic carbocycles. The van der Waals surface area contributed by atoms with Crippen molar-refractivity contribution in [1.82, 2.24) is 0 Å². The second kappa shape index (κ2) is 12.6. The monoisotopic (exact) mass is 565 g/mol. The Bertz CT molecular complexity index is 1370. The summed E-state index contributed by atoms with van der Waals surface area (Å²) in [5.41, 5.74) is 3.19. The number of ether oxygens (including phenoxy) is 4. The molecule has 11 heteroatoms. The fourth-order valence-electron chi connectivity index (χ4n) is 5.15. The van der Waals surface area contributed by atoms with Crippen molar-refractivity contribution < 1.29 is 33.5 Å². The molecule has 2 heterocycles. The van der Waals surface area contributed by atoms with Gasteiger partial charge in [-0.05, 0) is 51.0 Å². The van der Waals surface area contributed by atoms with Gasteiger partial charge in [0.1, 0.15) is 12.0 Å². The Kier molecular flexibility index (Phi) is 9.19. The Morgan fingerprint density at radius 2 is 1.90 bits per heavy atom. The minimum absolute atomic E-state index is 0.0283. The van der Waals surface area contributed by atoms with Crippen LogP contribution in [0.4, 0.5) is 11.4 Å². The largest absolute Gasteiger partial charge is 0.468 e. The second-order valence-corrected chi connectivity index (χ2v) is 10.5. The van der Waals surface area contributed by atoms with Crippen LogP contribution in [-0.4, -0.2) is 61.3 Å². The highest BCUT2D eigenvalue weighted by atomic mass is 16.7. The normalized spacial score (nSPS) is 21.7. The van der Waals surface area contributed by atoms with E-state index in [0.29, 0.717) is 36.5 Å². The summed E-state index contributed by atoms with van der Waals surface area (Å²) >= 11 is 0. The molecular weight excluding hydrogens is 530 g/mol. The van der Waals surface area contributed by atoms with Crippen molar-refractivity contribution in [1.29, 1.82) is 0 Å². The van der Waals surface area contributed by atoms with E-state index in [4.69, 9.17) is 18.9 Å². The number of anilines is 1. The molecule has 0 spiro atoms. The van der Waals surface area contributed by atoms with Crippen LogP contribution in [0.25, 0.3) is 0 Å². The lowest BCUT2D eigenvalue weighted by Gasteiger charge is -2.31. The molecule has 2 aliphatic rings. The number of benzene rings is 2. The van der Waals surface area contributed by atoms with Gasteiger partial charge < -0.3 is 24.3 Å². The number of nitro benzene ring substituents is 1. The quantitative estimate of drug-likeness (QED) is 0.249. The summed E-state index contributed by atoms with van der Waals surface area (Å²) in [7, 11) is 1.25. The van der Waals surface area contributed by atoms with E-state index in [9.17, 15) is 19.7 Å². The van der Waals surface area contributed by atoms with Gasteiger partial charge in [0.05, 0.1) is 30.8 Å². The van der Waals surface area contributed by atoms with Crippen molar-refractivity contribution in [3.63, 3.8) is 0 Å². The van der Waals surface area contributed by atoms with Crippen LogP contribution >= 0.6 is 0 Å². The Morgan fingerprint density at radius 3 is 2.54 bits per heavy atom. The molecule has 11 nitrogen and oxygen atoms in total. The van der Waals surface area contributed by atoms with Gasteiger partial charge in [-0.2, -0.15) is 0 Å². The first-order valence-electron chi connectivity index (χ1n) is 13.4. The molecule has 4 rings (SSSR count). The third-order valence-corrected chi connectivity index (χ3v) is 7.12. The zero-order chi connectivity index (χ0) is 29.7. The van der Waals surface area contributed by atoms with Gasteiger partial charge in [-0.3, -0.25) is 19.9 Å². The second-order valence-electron chi connectivity index (χ2n) is 10.5. The highest BCUT2D eigenvalue weighted by molar-refractivity contribution is 6.07. The lowest BCUT2D eigenvalue weighted by molar-refractivity contribution is -0.384. The van der Waals surface area contributed by atoms with Crippen LogP contribution < -0.4 is 5.32 Å². The molecule has 1 fully saturated rings. The van der Waals surface area contributed by atoms with Gasteiger partial charge in [-0.25, -0.2) is 4.79 Å². The van der Waals surface area contributed by atoms with Gasteiger partial charge in [0.15, 0.2) is 5.79 Å². The smallest absolute Gasteiger partial charge is 0.336 e. The third-order valence-electron chi connectivity index (χ3n) is 7.12. The average molecular weight is 566 g/mol. The molecule has 1 saturated heterocycles. The molecule has 0 saturated carbocycles. The number of nitrogens with one attached hydrogen (secondary N) is 1. The van der Waals surface area contributed by atoms with Gasteiger partial charge >= 0.3 is 11.9 Å². The average Bonchev–Trinajstić information content (AvgIpc) is 3.30. The number of allylic oxidation sites excluding steroid dienone is 1. The minimum Gasteiger partial charge on any atom is -0.468 e. The molecule has 3 atom stereocenters. The van der Waals surface area contributed by atoms with Crippen molar-refractivity contribution >= 4 is 29.0 Å². The molecule has 3 unspecified atom stereocenters. The van der Waals surface area contributed by atoms with E-state index in [0.717, 1.165) is 11.3 Å². The Morgan fingerprint density at radius 1 is 1.17 bits per heavy atom. The van der Waals surface area contributed by atoms with Gasteiger partial charge in [0.25, 0.3) is 5.69 Å². The van der Waals surface area contributed by atoms with Crippen molar-refractivity contribution in [3.8, 4) is 0 Å². The maximum Gasteiger partial charge on any atom is 0.336 e. The summed E-state index contributed by atoms with van der Waals surface area (Å²) in [5, 5.41) is 14.8. The predicted molar refractivity (Wildman–Crippen MR) is 152 cm³/mol. The number of carbonyl (C=O) groups is 2. The summed E-state index contributed by atoms with van der Waals surface area (Å²) in [6.07, 6.45) is 0.440. The first-order chi connectivity index (χ1) is 19.5. The number of hydrogen-bond acceptors (Lipinski definition) is 10. The van der Waals surface area contributed by atoms with E-state index >= 15 is 0 Å². The molecule has 0 aliphatic carbocycles. The molecule has 0 amide bonds. The fraction of sp³-hybridized carbons (Fsp3) is 0.433. The zero-order valence-corrected chi connectivity index (χ0v) is 23.8. The summed E-state index contributed by atoms with van der Waals surface area (Å²) in [4.78, 5) is 41.6. The van der Waals surface area contributed by atoms with Crippen LogP contribution in [-0.2, 0) is 35.0 Å². The number of hydrogen-bond donors (Lipinski definition) is 1. The van der Waals surface area contributed by atoms with Crippen LogP contribution in [0.5, 0.6) is 0 Å². The van der Waals surface area contributed by atoms with Crippen molar-refractivity contribution in [2.45, 2.75) is 51.9 Å². The number of esters is 2. The van der Waals surface area contributed by atoms with Crippen LogP contribution in [0.1, 0.15) is 44.7 Å². The standard InChI is InChI=1S/C30H35N3O8/c1-18-25(28(34)38-5)27(21-7-6-8-23(15-21)33(36)37)26(19(2)32-18)29(35)39-14-13-20-9-11-22(12-10-20)31-16-24-17-40-30(3,4)41-24/h6-12,15,24-25,27,31H,13-14,16-17H2,1-5H3. The predicted octanol–water partition coefficient (Wildman–Crippen LogP) is 4.57. The lowest BCUT2D eigenvalue weighted by atomic mass is 9.75. The topological polar surface area (TPSA) is 139 Å². The van der Waals surface area contributed by atoms with E-state index in [1.807, 2.05) is 38.1 Å². The Hall–Kier alpha value is -4.09. The van der Waals surface area contributed by atoms with Gasteiger partial charge in [-0.15, -0.1) is 0 Å². The molecule has 0 radical (unpaired) electrons. The van der Waals surface area contributed by atoms with Gasteiger partial charge in [0.2, 0.25) is 0 Å². The summed E-state index contributed by atoms with van der Waals surface area (Å²) in [6, 6.07) is 13.7.